The van der Waals surface area contributed by atoms with Gasteiger partial charge in [-0.1, -0.05) is 6.07 Å². The molecule has 0 spiro atoms. The third kappa shape index (κ3) is 6.46. The van der Waals surface area contributed by atoms with Gasteiger partial charge in [-0.15, -0.1) is 23.1 Å². The molecule has 0 aliphatic carbocycles. The van der Waals surface area contributed by atoms with E-state index in [2.05, 4.69) is 21.7 Å². The largest absolute Gasteiger partial charge is 0.379 e. The maximum absolute atomic E-state index is 12.2. The Kier molecular flexibility index (Phi) is 8.40. The van der Waals surface area contributed by atoms with Crippen LogP contribution in [-0.4, -0.2) is 92.3 Å². The second kappa shape index (κ2) is 11.0. The lowest BCUT2D eigenvalue weighted by atomic mass is 10.2. The van der Waals surface area contributed by atoms with Gasteiger partial charge < -0.3 is 19.7 Å². The van der Waals surface area contributed by atoms with Crippen LogP contribution in [0.25, 0.3) is 0 Å². The molecule has 27 heavy (non-hydrogen) atoms. The van der Waals surface area contributed by atoms with Crippen LogP contribution in [0.3, 0.4) is 0 Å². The zero-order chi connectivity index (χ0) is 18.9. The third-order valence-corrected chi connectivity index (χ3v) is 6.56. The molecule has 1 atom stereocenters. The summed E-state index contributed by atoms with van der Waals surface area (Å²) < 4.78 is 10.7. The summed E-state index contributed by atoms with van der Waals surface area (Å²) in [6.45, 7) is 6.29. The number of ether oxygens (including phenoxy) is 2. The van der Waals surface area contributed by atoms with Crippen molar-refractivity contribution in [1.82, 2.24) is 15.1 Å². The number of rotatable bonds is 8. The predicted molar refractivity (Wildman–Crippen MR) is 107 cm³/mol. The number of nitrogens with zero attached hydrogens (tertiary/aromatic N) is 2. The van der Waals surface area contributed by atoms with E-state index in [1.807, 2.05) is 6.07 Å². The average molecular weight is 414 g/mol. The van der Waals surface area contributed by atoms with Crippen LogP contribution in [0, 0.1) is 0 Å². The van der Waals surface area contributed by atoms with E-state index in [0.717, 1.165) is 26.3 Å². The molecule has 2 saturated heterocycles. The summed E-state index contributed by atoms with van der Waals surface area (Å²) in [5, 5.41) is 5.11. The lowest BCUT2D eigenvalue weighted by Gasteiger charge is -2.34. The lowest BCUT2D eigenvalue weighted by molar-refractivity contribution is -0.132. The Bertz CT molecular complexity index is 587. The monoisotopic (exact) mass is 413 g/mol. The zero-order valence-corrected chi connectivity index (χ0v) is 17.1. The molecule has 1 unspecified atom stereocenters. The number of morpholine rings is 2. The Balaban J connectivity index is 1.40. The molecule has 2 aliphatic rings. The van der Waals surface area contributed by atoms with Crippen LogP contribution < -0.4 is 5.32 Å². The summed E-state index contributed by atoms with van der Waals surface area (Å²) in [6.07, 6.45) is 0. The van der Waals surface area contributed by atoms with Gasteiger partial charge in [0, 0.05) is 37.6 Å². The summed E-state index contributed by atoms with van der Waals surface area (Å²) in [6, 6.07) is 4.34. The SMILES string of the molecule is O=C(CSCC(=O)N1CCOCC1)NCC(c1cccs1)N1CCOCC1. The zero-order valence-electron chi connectivity index (χ0n) is 15.4. The number of thioether (sulfide) groups is 1. The molecule has 2 aliphatic heterocycles. The van der Waals surface area contributed by atoms with Crippen LogP contribution >= 0.6 is 23.1 Å². The minimum Gasteiger partial charge on any atom is -0.379 e. The molecule has 2 fully saturated rings. The number of carbonyl (C=O) groups is 2. The molecule has 1 aromatic heterocycles. The molecule has 9 heteroatoms. The topological polar surface area (TPSA) is 71.1 Å². The molecular weight excluding hydrogens is 386 g/mol. The summed E-state index contributed by atoms with van der Waals surface area (Å²) in [5.74, 6) is 0.701. The second-order valence-electron chi connectivity index (χ2n) is 6.47. The summed E-state index contributed by atoms with van der Waals surface area (Å²) in [4.78, 5) is 29.8. The van der Waals surface area contributed by atoms with Crippen molar-refractivity contribution in [2.45, 2.75) is 6.04 Å². The fraction of sp³-hybridized carbons (Fsp3) is 0.667. The summed E-state index contributed by atoms with van der Waals surface area (Å²) in [7, 11) is 0. The number of hydrogen-bond acceptors (Lipinski definition) is 7. The smallest absolute Gasteiger partial charge is 0.232 e. The predicted octanol–water partition coefficient (Wildman–Crippen LogP) is 0.830. The Morgan fingerprint density at radius 1 is 1.11 bits per heavy atom. The van der Waals surface area contributed by atoms with Crippen molar-refractivity contribution in [3.63, 3.8) is 0 Å². The first-order chi connectivity index (χ1) is 13.2. The number of thiophene rings is 1. The van der Waals surface area contributed by atoms with Gasteiger partial charge in [-0.25, -0.2) is 0 Å². The van der Waals surface area contributed by atoms with Crippen LogP contribution in [0.15, 0.2) is 17.5 Å². The lowest BCUT2D eigenvalue weighted by Crippen LogP contribution is -2.44. The van der Waals surface area contributed by atoms with Gasteiger partial charge in [-0.05, 0) is 11.4 Å². The molecule has 2 amide bonds. The molecule has 0 aromatic carbocycles. The second-order valence-corrected chi connectivity index (χ2v) is 8.43. The number of amides is 2. The highest BCUT2D eigenvalue weighted by molar-refractivity contribution is 8.00. The summed E-state index contributed by atoms with van der Waals surface area (Å²) >= 11 is 3.09. The van der Waals surface area contributed by atoms with E-state index >= 15 is 0 Å². The van der Waals surface area contributed by atoms with E-state index in [4.69, 9.17) is 9.47 Å². The molecule has 0 saturated carbocycles. The van der Waals surface area contributed by atoms with Crippen molar-refractivity contribution in [3.05, 3.63) is 22.4 Å². The molecule has 150 valence electrons. The Labute approximate surface area is 168 Å². The van der Waals surface area contributed by atoms with E-state index in [-0.39, 0.29) is 17.9 Å². The molecule has 1 N–H and O–H groups in total. The maximum Gasteiger partial charge on any atom is 0.232 e. The fourth-order valence-corrected chi connectivity index (χ4v) is 4.78. The Hall–Kier alpha value is -1.13. The molecule has 1 aromatic rings. The van der Waals surface area contributed by atoms with E-state index in [9.17, 15) is 9.59 Å². The fourth-order valence-electron chi connectivity index (χ4n) is 3.18. The van der Waals surface area contributed by atoms with Crippen molar-refractivity contribution >= 4 is 34.9 Å². The van der Waals surface area contributed by atoms with Crippen LogP contribution in [0.2, 0.25) is 0 Å². The normalized spacial score (nSPS) is 19.6. The molecule has 0 bridgehead atoms. The first-order valence-electron chi connectivity index (χ1n) is 9.29. The van der Waals surface area contributed by atoms with Crippen molar-refractivity contribution in [3.8, 4) is 0 Å². The summed E-state index contributed by atoms with van der Waals surface area (Å²) in [5.41, 5.74) is 0. The van der Waals surface area contributed by atoms with Gasteiger partial charge in [0.15, 0.2) is 0 Å². The highest BCUT2D eigenvalue weighted by Crippen LogP contribution is 2.25. The molecule has 3 heterocycles. The molecular formula is C18H27N3O4S2. The highest BCUT2D eigenvalue weighted by Gasteiger charge is 2.24. The first-order valence-corrected chi connectivity index (χ1v) is 11.3. The van der Waals surface area contributed by atoms with Crippen molar-refractivity contribution in [2.24, 2.45) is 0 Å². The molecule has 3 rings (SSSR count). The van der Waals surface area contributed by atoms with Gasteiger partial charge in [0.1, 0.15) is 0 Å². The van der Waals surface area contributed by atoms with E-state index in [0.29, 0.717) is 44.4 Å². The molecule has 0 radical (unpaired) electrons. The van der Waals surface area contributed by atoms with Gasteiger partial charge in [0.05, 0.1) is 44.0 Å². The van der Waals surface area contributed by atoms with Crippen molar-refractivity contribution in [2.75, 3.05) is 70.7 Å². The van der Waals surface area contributed by atoms with Crippen molar-refractivity contribution < 1.29 is 19.1 Å². The van der Waals surface area contributed by atoms with Gasteiger partial charge in [0.2, 0.25) is 11.8 Å². The number of hydrogen-bond donors (Lipinski definition) is 1. The van der Waals surface area contributed by atoms with Crippen LogP contribution in [0.1, 0.15) is 10.9 Å². The van der Waals surface area contributed by atoms with E-state index < -0.39 is 0 Å². The standard InChI is InChI=1S/C18H27N3O4S2/c22-17(13-26-14-18(23)21-5-9-25-10-6-21)19-12-15(16-2-1-11-27-16)20-3-7-24-8-4-20/h1-2,11,15H,3-10,12-14H2,(H,19,22). The molecule has 7 nitrogen and oxygen atoms in total. The number of nitrogens with one attached hydrogen (secondary N) is 1. The van der Waals surface area contributed by atoms with Crippen molar-refractivity contribution in [1.29, 1.82) is 0 Å². The maximum atomic E-state index is 12.2. The number of carbonyl (C=O) groups excluding carboxylic acids is 2. The Morgan fingerprint density at radius 2 is 1.81 bits per heavy atom. The Morgan fingerprint density at radius 3 is 2.48 bits per heavy atom. The van der Waals surface area contributed by atoms with Gasteiger partial charge >= 0.3 is 0 Å². The third-order valence-electron chi connectivity index (χ3n) is 4.67. The van der Waals surface area contributed by atoms with Crippen LogP contribution in [0.5, 0.6) is 0 Å². The van der Waals surface area contributed by atoms with Gasteiger partial charge in [-0.2, -0.15) is 0 Å². The minimum atomic E-state index is -0.0235. The first kappa shape index (κ1) is 20.6. The highest BCUT2D eigenvalue weighted by atomic mass is 32.2. The van der Waals surface area contributed by atoms with E-state index in [1.165, 1.54) is 16.6 Å². The van der Waals surface area contributed by atoms with Crippen LogP contribution in [-0.2, 0) is 19.1 Å². The quantitative estimate of drug-likeness (QED) is 0.681. The average Bonchev–Trinajstić information content (AvgIpc) is 3.24. The van der Waals surface area contributed by atoms with Crippen LogP contribution in [0.4, 0.5) is 0 Å². The van der Waals surface area contributed by atoms with E-state index in [1.54, 1.807) is 16.2 Å². The van der Waals surface area contributed by atoms with Gasteiger partial charge in [0.25, 0.3) is 0 Å². The van der Waals surface area contributed by atoms with Gasteiger partial charge in [-0.3, -0.25) is 14.5 Å². The minimum absolute atomic E-state index is 0.0235.